The van der Waals surface area contributed by atoms with E-state index in [0.29, 0.717) is 48.3 Å². The molecule has 1 saturated heterocycles. The van der Waals surface area contributed by atoms with Crippen LogP contribution in [0.2, 0.25) is 0 Å². The van der Waals surface area contributed by atoms with E-state index in [9.17, 15) is 22.8 Å². The van der Waals surface area contributed by atoms with Crippen LogP contribution in [0.4, 0.5) is 17.6 Å². The summed E-state index contributed by atoms with van der Waals surface area (Å²) in [4.78, 5) is 30.6. The Balaban J connectivity index is 1.60. The highest BCUT2D eigenvalue weighted by Gasteiger charge is 2.33. The Morgan fingerprint density at radius 3 is 2.68 bits per heavy atom. The van der Waals surface area contributed by atoms with E-state index in [4.69, 9.17) is 0 Å². The number of amides is 2. The monoisotopic (exact) mass is 521 g/mol. The zero-order valence-corrected chi connectivity index (χ0v) is 21.1. The van der Waals surface area contributed by atoms with Crippen LogP contribution in [0.25, 0.3) is 10.9 Å². The van der Waals surface area contributed by atoms with Crippen molar-refractivity contribution in [3.63, 3.8) is 0 Å². The van der Waals surface area contributed by atoms with Crippen LogP contribution in [-0.2, 0) is 11.3 Å². The number of halogens is 4. The molecule has 1 N–H and O–H groups in total. The second-order valence-corrected chi connectivity index (χ2v) is 9.97. The second kappa shape index (κ2) is 10.5. The molecule has 1 aliphatic heterocycles. The summed E-state index contributed by atoms with van der Waals surface area (Å²) in [6.07, 6.45) is 0.621. The molecule has 0 spiro atoms. The fourth-order valence-electron chi connectivity index (χ4n) is 5.00. The Labute approximate surface area is 212 Å². The lowest BCUT2D eigenvalue weighted by atomic mass is 9.86. The quantitative estimate of drug-likeness (QED) is 0.442. The molecule has 1 atom stereocenters. The molecular weight excluding hydrogens is 490 g/mol. The summed E-state index contributed by atoms with van der Waals surface area (Å²) in [5.41, 5.74) is 1.25. The van der Waals surface area contributed by atoms with Gasteiger partial charge in [-0.1, -0.05) is 19.9 Å². The number of hydrogen-bond donors (Lipinski definition) is 1. The number of piperidine rings is 1. The first-order chi connectivity index (χ1) is 17.4. The van der Waals surface area contributed by atoms with Gasteiger partial charge in [0.25, 0.3) is 5.91 Å². The highest BCUT2D eigenvalue weighted by atomic mass is 19.4. The summed E-state index contributed by atoms with van der Waals surface area (Å²) in [6, 6.07) is 5.01. The number of benzene rings is 1. The number of carbonyl (C=O) groups excluding carboxylic acids is 2. The van der Waals surface area contributed by atoms with E-state index >= 15 is 4.39 Å². The van der Waals surface area contributed by atoms with Crippen molar-refractivity contribution in [1.29, 1.82) is 0 Å². The number of aromatic amines is 1. The maximum atomic E-state index is 15.9. The van der Waals surface area contributed by atoms with Gasteiger partial charge in [-0.25, -0.2) is 4.39 Å². The number of likely N-dealkylation sites (tertiary alicyclic amines) is 1. The third kappa shape index (κ3) is 5.97. The number of hydrogen-bond acceptors (Lipinski definition) is 3. The van der Waals surface area contributed by atoms with Crippen LogP contribution in [0.1, 0.15) is 66.6 Å². The minimum absolute atomic E-state index is 0.0220. The first kappa shape index (κ1) is 26.7. The molecule has 200 valence electrons. The molecule has 2 aromatic heterocycles. The lowest BCUT2D eigenvalue weighted by molar-refractivity contribution is -0.138. The van der Waals surface area contributed by atoms with Gasteiger partial charge in [0.05, 0.1) is 5.52 Å². The van der Waals surface area contributed by atoms with Gasteiger partial charge in [0.15, 0.2) is 5.82 Å². The Bertz CT molecular complexity index is 1270. The molecular formula is C26H31F4N5O2. The fourth-order valence-corrected chi connectivity index (χ4v) is 5.00. The molecule has 0 saturated carbocycles. The van der Waals surface area contributed by atoms with Gasteiger partial charge in [0, 0.05) is 56.8 Å². The van der Waals surface area contributed by atoms with E-state index in [-0.39, 0.29) is 29.0 Å². The number of nitrogens with zero attached hydrogens (tertiary/aromatic N) is 4. The molecule has 1 aromatic carbocycles. The number of rotatable bonds is 7. The average Bonchev–Trinajstić information content (AvgIpc) is 3.51. The van der Waals surface area contributed by atoms with E-state index in [1.54, 1.807) is 34.1 Å². The number of aromatic nitrogens is 3. The van der Waals surface area contributed by atoms with Crippen molar-refractivity contribution in [2.45, 2.75) is 57.7 Å². The summed E-state index contributed by atoms with van der Waals surface area (Å²) < 4.78 is 55.9. The Kier molecular flexibility index (Phi) is 7.61. The van der Waals surface area contributed by atoms with Crippen molar-refractivity contribution in [3.05, 3.63) is 53.2 Å². The number of aryl methyl sites for hydroxylation is 1. The van der Waals surface area contributed by atoms with Crippen LogP contribution in [0, 0.1) is 5.82 Å². The van der Waals surface area contributed by atoms with E-state index in [1.807, 2.05) is 13.8 Å². The van der Waals surface area contributed by atoms with Crippen LogP contribution in [-0.4, -0.2) is 69.2 Å². The lowest BCUT2D eigenvalue weighted by Gasteiger charge is -2.33. The molecule has 11 heteroatoms. The van der Waals surface area contributed by atoms with E-state index < -0.39 is 24.4 Å². The zero-order valence-electron chi connectivity index (χ0n) is 21.1. The third-order valence-electron chi connectivity index (χ3n) is 6.86. The minimum atomic E-state index is -4.54. The molecule has 1 fully saturated rings. The SMILES string of the molecule is CC(C)c1cc([C@H]2CCCN(C(=O)CCn3cccn3)C2)c(F)c2[nH]c(C(=O)N(C)CC(F)(F)F)cc12. The molecule has 4 rings (SSSR count). The Hall–Kier alpha value is -3.37. The van der Waals surface area contributed by atoms with Crippen LogP contribution < -0.4 is 0 Å². The summed E-state index contributed by atoms with van der Waals surface area (Å²) >= 11 is 0. The highest BCUT2D eigenvalue weighted by Crippen LogP contribution is 2.37. The second-order valence-electron chi connectivity index (χ2n) is 9.97. The maximum absolute atomic E-state index is 15.9. The van der Waals surface area contributed by atoms with Crippen molar-refractivity contribution >= 4 is 22.7 Å². The first-order valence-corrected chi connectivity index (χ1v) is 12.4. The van der Waals surface area contributed by atoms with Gasteiger partial charge in [-0.15, -0.1) is 0 Å². The molecule has 2 amide bonds. The van der Waals surface area contributed by atoms with Crippen molar-refractivity contribution in [1.82, 2.24) is 24.6 Å². The molecule has 0 radical (unpaired) electrons. The summed E-state index contributed by atoms with van der Waals surface area (Å²) in [6.45, 7) is 3.91. The van der Waals surface area contributed by atoms with Crippen molar-refractivity contribution in [2.75, 3.05) is 26.7 Å². The largest absolute Gasteiger partial charge is 0.406 e. The van der Waals surface area contributed by atoms with E-state index in [2.05, 4.69) is 10.1 Å². The van der Waals surface area contributed by atoms with Gasteiger partial charge in [0.2, 0.25) is 5.91 Å². The number of alkyl halides is 3. The lowest BCUT2D eigenvalue weighted by Crippen LogP contribution is -2.39. The number of carbonyl (C=O) groups is 2. The normalized spacial score (nSPS) is 16.5. The highest BCUT2D eigenvalue weighted by molar-refractivity contribution is 5.99. The van der Waals surface area contributed by atoms with E-state index in [0.717, 1.165) is 19.0 Å². The van der Waals surface area contributed by atoms with Crippen molar-refractivity contribution in [2.24, 2.45) is 0 Å². The summed E-state index contributed by atoms with van der Waals surface area (Å²) in [5.74, 6) is -1.68. The van der Waals surface area contributed by atoms with Gasteiger partial charge < -0.3 is 14.8 Å². The predicted molar refractivity (Wildman–Crippen MR) is 131 cm³/mol. The van der Waals surface area contributed by atoms with Gasteiger partial charge in [-0.05, 0) is 42.0 Å². The number of nitrogens with one attached hydrogen (secondary N) is 1. The fraction of sp³-hybridized carbons (Fsp3) is 0.500. The van der Waals surface area contributed by atoms with E-state index in [1.165, 1.54) is 6.07 Å². The number of H-pyrrole nitrogens is 1. The maximum Gasteiger partial charge on any atom is 0.406 e. The molecule has 1 aliphatic rings. The molecule has 0 bridgehead atoms. The van der Waals surface area contributed by atoms with Crippen LogP contribution in [0.15, 0.2) is 30.6 Å². The van der Waals surface area contributed by atoms with Crippen molar-refractivity contribution in [3.8, 4) is 0 Å². The third-order valence-corrected chi connectivity index (χ3v) is 6.86. The predicted octanol–water partition coefficient (Wildman–Crippen LogP) is 5.06. The Morgan fingerprint density at radius 2 is 2.03 bits per heavy atom. The molecule has 3 heterocycles. The Morgan fingerprint density at radius 1 is 1.27 bits per heavy atom. The standard InChI is InChI=1S/C26H31F4N5O2/c1-16(2)18-12-19(17-6-4-9-34(14-17)22(36)7-11-35-10-5-8-31-35)23(27)24-20(18)13-21(32-24)25(37)33(3)15-26(28,29)30/h5,8,10,12-13,16-17,32H,4,6-7,9,11,14-15H2,1-3H3/t17-/m0/s1. The average molecular weight is 522 g/mol. The van der Waals surface area contributed by atoms with Crippen LogP contribution in [0.5, 0.6) is 0 Å². The van der Waals surface area contributed by atoms with Crippen LogP contribution in [0.3, 0.4) is 0 Å². The molecule has 37 heavy (non-hydrogen) atoms. The molecule has 0 unspecified atom stereocenters. The zero-order chi connectivity index (χ0) is 26.9. The van der Waals surface area contributed by atoms with Gasteiger partial charge in [0.1, 0.15) is 12.2 Å². The number of fused-ring (bicyclic) bond motifs is 1. The van der Waals surface area contributed by atoms with Gasteiger partial charge in [-0.2, -0.15) is 18.3 Å². The minimum Gasteiger partial charge on any atom is -0.348 e. The topological polar surface area (TPSA) is 74.2 Å². The van der Waals surface area contributed by atoms with Crippen LogP contribution >= 0.6 is 0 Å². The van der Waals surface area contributed by atoms with Crippen molar-refractivity contribution < 1.29 is 27.2 Å². The molecule has 3 aromatic rings. The summed E-state index contributed by atoms with van der Waals surface area (Å²) in [7, 11) is 1.06. The smallest absolute Gasteiger partial charge is 0.348 e. The summed E-state index contributed by atoms with van der Waals surface area (Å²) in [5, 5.41) is 4.59. The van der Waals surface area contributed by atoms with Gasteiger partial charge >= 0.3 is 6.18 Å². The molecule has 0 aliphatic carbocycles. The molecule has 7 nitrogen and oxygen atoms in total. The first-order valence-electron chi connectivity index (χ1n) is 12.4. The van der Waals surface area contributed by atoms with Gasteiger partial charge in [-0.3, -0.25) is 14.3 Å².